The summed E-state index contributed by atoms with van der Waals surface area (Å²) in [5.74, 6) is 0.256. The molecule has 3 aromatic rings. The number of benzene rings is 2. The quantitative estimate of drug-likeness (QED) is 0.494. The molecule has 0 unspecified atom stereocenters. The fraction of sp³-hybridized carbons (Fsp3) is 0.269. The maximum absolute atomic E-state index is 12.9. The van der Waals surface area contributed by atoms with Gasteiger partial charge >= 0.3 is 0 Å². The lowest BCUT2D eigenvalue weighted by molar-refractivity contribution is -0.134. The summed E-state index contributed by atoms with van der Waals surface area (Å²) in [6.07, 6.45) is 3.93. The molecule has 0 atom stereocenters. The Morgan fingerprint density at radius 2 is 1.91 bits per heavy atom. The first-order valence-electron chi connectivity index (χ1n) is 10.8. The van der Waals surface area contributed by atoms with Gasteiger partial charge in [-0.3, -0.25) is 19.5 Å². The van der Waals surface area contributed by atoms with E-state index in [0.717, 1.165) is 22.5 Å². The molecule has 0 aliphatic rings. The van der Waals surface area contributed by atoms with Gasteiger partial charge in [0.05, 0.1) is 5.69 Å². The molecule has 1 aromatic heterocycles. The van der Waals surface area contributed by atoms with E-state index in [2.05, 4.69) is 16.9 Å². The van der Waals surface area contributed by atoms with Crippen molar-refractivity contribution in [1.82, 2.24) is 14.5 Å². The van der Waals surface area contributed by atoms with E-state index in [9.17, 15) is 9.59 Å². The Balaban J connectivity index is 1.88. The highest BCUT2D eigenvalue weighted by Crippen LogP contribution is 2.24. The summed E-state index contributed by atoms with van der Waals surface area (Å²) in [7, 11) is 0. The Bertz CT molecular complexity index is 1090. The molecule has 166 valence electrons. The van der Waals surface area contributed by atoms with Gasteiger partial charge < -0.3 is 4.90 Å². The zero-order valence-corrected chi connectivity index (χ0v) is 18.9. The van der Waals surface area contributed by atoms with Gasteiger partial charge in [-0.2, -0.15) is 0 Å². The third-order valence-corrected chi connectivity index (χ3v) is 4.93. The molecule has 0 radical (unpaired) electrons. The summed E-state index contributed by atoms with van der Waals surface area (Å²) in [5, 5.41) is 2.90. The fourth-order valence-electron chi connectivity index (χ4n) is 3.42. The van der Waals surface area contributed by atoms with Crippen LogP contribution in [0.25, 0.3) is 16.9 Å². The molecule has 0 fully saturated rings. The van der Waals surface area contributed by atoms with Crippen molar-refractivity contribution in [2.75, 3.05) is 18.4 Å². The summed E-state index contributed by atoms with van der Waals surface area (Å²) in [6.45, 7) is 9.95. The van der Waals surface area contributed by atoms with Crippen molar-refractivity contribution in [3.63, 3.8) is 0 Å². The summed E-state index contributed by atoms with van der Waals surface area (Å²) in [4.78, 5) is 31.6. The predicted molar refractivity (Wildman–Crippen MR) is 129 cm³/mol. The van der Waals surface area contributed by atoms with Gasteiger partial charge in [0, 0.05) is 30.4 Å². The van der Waals surface area contributed by atoms with Crippen molar-refractivity contribution in [3.8, 4) is 16.9 Å². The largest absolute Gasteiger partial charge is 0.330 e. The molecule has 0 saturated carbocycles. The van der Waals surface area contributed by atoms with E-state index >= 15 is 0 Å². The van der Waals surface area contributed by atoms with E-state index in [1.807, 2.05) is 86.1 Å². The third-order valence-electron chi connectivity index (χ3n) is 4.93. The number of rotatable bonds is 9. The first-order chi connectivity index (χ1) is 15.4. The summed E-state index contributed by atoms with van der Waals surface area (Å²) < 4.78 is 1.86. The predicted octanol–water partition coefficient (Wildman–Crippen LogP) is 4.85. The SMILES string of the molecule is C=CCN(CC(=O)Nc1nc(-c2ccccc2)cn1-c1cccc(C)c1)C(=O)CC(C)C. The molecule has 2 amide bonds. The van der Waals surface area contributed by atoms with E-state index in [0.29, 0.717) is 18.9 Å². The second kappa shape index (κ2) is 10.6. The van der Waals surface area contributed by atoms with Crippen LogP contribution in [0.4, 0.5) is 5.95 Å². The first kappa shape index (κ1) is 23.0. The number of nitrogens with one attached hydrogen (secondary N) is 1. The van der Waals surface area contributed by atoms with Gasteiger partial charge in [0.1, 0.15) is 6.54 Å². The van der Waals surface area contributed by atoms with Crippen molar-refractivity contribution in [1.29, 1.82) is 0 Å². The fourth-order valence-corrected chi connectivity index (χ4v) is 3.42. The van der Waals surface area contributed by atoms with Crippen molar-refractivity contribution >= 4 is 17.8 Å². The van der Waals surface area contributed by atoms with Crippen LogP contribution < -0.4 is 5.32 Å². The van der Waals surface area contributed by atoms with Crippen LogP contribution in [-0.4, -0.2) is 39.4 Å². The second-order valence-electron chi connectivity index (χ2n) is 8.23. The highest BCUT2D eigenvalue weighted by molar-refractivity contribution is 5.94. The van der Waals surface area contributed by atoms with Crippen LogP contribution in [-0.2, 0) is 9.59 Å². The minimum Gasteiger partial charge on any atom is -0.330 e. The Morgan fingerprint density at radius 1 is 1.16 bits per heavy atom. The molecule has 3 rings (SSSR count). The first-order valence-corrected chi connectivity index (χ1v) is 10.8. The molecule has 1 heterocycles. The lowest BCUT2D eigenvalue weighted by Crippen LogP contribution is -2.38. The smallest absolute Gasteiger partial charge is 0.246 e. The van der Waals surface area contributed by atoms with E-state index in [1.54, 1.807) is 6.08 Å². The second-order valence-corrected chi connectivity index (χ2v) is 8.23. The highest BCUT2D eigenvalue weighted by atomic mass is 16.2. The number of hydrogen-bond donors (Lipinski definition) is 1. The van der Waals surface area contributed by atoms with Gasteiger partial charge in [-0.15, -0.1) is 6.58 Å². The van der Waals surface area contributed by atoms with Crippen LogP contribution in [0.15, 0.2) is 73.4 Å². The van der Waals surface area contributed by atoms with Crippen molar-refractivity contribution in [2.24, 2.45) is 5.92 Å². The van der Waals surface area contributed by atoms with Crippen LogP contribution in [0.5, 0.6) is 0 Å². The lowest BCUT2D eigenvalue weighted by atomic mass is 10.1. The maximum Gasteiger partial charge on any atom is 0.246 e. The highest BCUT2D eigenvalue weighted by Gasteiger charge is 2.19. The summed E-state index contributed by atoms with van der Waals surface area (Å²) >= 11 is 0. The number of anilines is 1. The summed E-state index contributed by atoms with van der Waals surface area (Å²) in [6, 6.07) is 17.8. The van der Waals surface area contributed by atoms with Gasteiger partial charge in [0.2, 0.25) is 17.8 Å². The minimum absolute atomic E-state index is 0.0566. The molecule has 6 heteroatoms. The van der Waals surface area contributed by atoms with E-state index < -0.39 is 0 Å². The zero-order chi connectivity index (χ0) is 23.1. The van der Waals surface area contributed by atoms with Crippen molar-refractivity contribution in [2.45, 2.75) is 27.2 Å². The number of carbonyl (C=O) groups is 2. The van der Waals surface area contributed by atoms with Crippen LogP contribution in [0.2, 0.25) is 0 Å². The monoisotopic (exact) mass is 430 g/mol. The molecule has 0 spiro atoms. The van der Waals surface area contributed by atoms with Gasteiger partial charge in [-0.25, -0.2) is 4.98 Å². The molecular formula is C26H30N4O2. The summed E-state index contributed by atoms with van der Waals surface area (Å²) in [5.41, 5.74) is 3.70. The molecule has 6 nitrogen and oxygen atoms in total. The molecule has 0 aliphatic carbocycles. The molecule has 2 aromatic carbocycles. The van der Waals surface area contributed by atoms with E-state index in [1.165, 1.54) is 4.90 Å². The maximum atomic E-state index is 12.9. The average Bonchev–Trinajstić information content (AvgIpc) is 3.17. The van der Waals surface area contributed by atoms with Gasteiger partial charge in [0.25, 0.3) is 0 Å². The number of nitrogens with zero attached hydrogens (tertiary/aromatic N) is 3. The minimum atomic E-state index is -0.303. The van der Waals surface area contributed by atoms with E-state index in [-0.39, 0.29) is 24.3 Å². The standard InChI is InChI=1S/C26H30N4O2/c1-5-14-29(25(32)15-19(2)3)18-24(31)28-26-27-23(21-11-7-6-8-12-21)17-30(26)22-13-9-10-20(4)16-22/h5-13,16-17,19H,1,14-15,18H2,2-4H3,(H,27,28,31). The van der Waals surface area contributed by atoms with Crippen LogP contribution in [0.3, 0.4) is 0 Å². The normalized spacial score (nSPS) is 10.8. The average molecular weight is 431 g/mol. The Kier molecular flexibility index (Phi) is 7.60. The van der Waals surface area contributed by atoms with Gasteiger partial charge in [0.15, 0.2) is 0 Å². The molecular weight excluding hydrogens is 400 g/mol. The third kappa shape index (κ3) is 5.94. The Labute approximate surface area is 189 Å². The number of imidazole rings is 1. The van der Waals surface area contributed by atoms with Crippen molar-refractivity contribution in [3.05, 3.63) is 79.0 Å². The molecule has 1 N–H and O–H groups in total. The molecule has 32 heavy (non-hydrogen) atoms. The van der Waals surface area contributed by atoms with Gasteiger partial charge in [-0.05, 0) is 30.5 Å². The Hall–Kier alpha value is -3.67. The number of aryl methyl sites for hydroxylation is 1. The number of hydrogen-bond acceptors (Lipinski definition) is 3. The van der Waals surface area contributed by atoms with Gasteiger partial charge in [-0.1, -0.05) is 62.4 Å². The number of carbonyl (C=O) groups excluding carboxylic acids is 2. The molecule has 0 bridgehead atoms. The van der Waals surface area contributed by atoms with Crippen LogP contribution in [0, 0.1) is 12.8 Å². The van der Waals surface area contributed by atoms with Crippen molar-refractivity contribution < 1.29 is 9.59 Å². The Morgan fingerprint density at radius 3 is 2.56 bits per heavy atom. The van der Waals surface area contributed by atoms with E-state index in [4.69, 9.17) is 0 Å². The number of amides is 2. The molecule has 0 saturated heterocycles. The zero-order valence-electron chi connectivity index (χ0n) is 18.9. The number of aromatic nitrogens is 2. The van der Waals surface area contributed by atoms with Crippen LogP contribution >= 0.6 is 0 Å². The lowest BCUT2D eigenvalue weighted by Gasteiger charge is -2.21. The topological polar surface area (TPSA) is 67.2 Å². The molecule has 0 aliphatic heterocycles. The van der Waals surface area contributed by atoms with Crippen LogP contribution in [0.1, 0.15) is 25.8 Å².